The molecule has 1 heterocycles. The summed E-state index contributed by atoms with van der Waals surface area (Å²) in [6, 6.07) is 0.223. The van der Waals surface area contributed by atoms with Crippen molar-refractivity contribution in [3.05, 3.63) is 20.9 Å². The molecule has 0 aliphatic heterocycles. The Hall–Kier alpha value is -0.550. The molecule has 0 spiro atoms. The minimum Gasteiger partial charge on any atom is -0.441 e. The van der Waals surface area contributed by atoms with Gasteiger partial charge in [0.2, 0.25) is 0 Å². The number of oxazole rings is 1. The first kappa shape index (κ1) is 7.82. The Morgan fingerprint density at radius 3 is 3.00 bits per heavy atom. The molecule has 68 valence electrons. The summed E-state index contributed by atoms with van der Waals surface area (Å²) in [6.07, 6.45) is 0. The van der Waals surface area contributed by atoms with Gasteiger partial charge in [0.05, 0.1) is 11.5 Å². The van der Waals surface area contributed by atoms with Gasteiger partial charge in [-0.15, -0.1) is 0 Å². The van der Waals surface area contributed by atoms with Crippen molar-refractivity contribution in [3.8, 4) is 0 Å². The van der Waals surface area contributed by atoms with Crippen LogP contribution in [0.3, 0.4) is 0 Å². The summed E-state index contributed by atoms with van der Waals surface area (Å²) >= 11 is 6.55. The van der Waals surface area contributed by atoms with Crippen LogP contribution in [-0.2, 0) is 0 Å². The van der Waals surface area contributed by atoms with E-state index in [-0.39, 0.29) is 6.04 Å². The van der Waals surface area contributed by atoms with Crippen LogP contribution in [0.1, 0.15) is 7.26 Å². The predicted octanol–water partition coefficient (Wildman–Crippen LogP) is 3.24. The van der Waals surface area contributed by atoms with E-state index in [9.17, 15) is 0 Å². The van der Waals surface area contributed by atoms with Gasteiger partial charge >= 0.3 is 0 Å². The van der Waals surface area contributed by atoms with Crippen LogP contribution < -0.4 is 5.73 Å². The lowest BCUT2D eigenvalue weighted by molar-refractivity contribution is 0.561. The van der Waals surface area contributed by atoms with Crippen LogP contribution in [0.25, 0.3) is 11.1 Å². The minimum atomic E-state index is 0.223. The fourth-order valence-electron chi connectivity index (χ4n) is 1.05. The second kappa shape index (κ2) is 2.99. The monoisotopic (exact) mass is 306 g/mol. The van der Waals surface area contributed by atoms with Gasteiger partial charge < -0.3 is 10.2 Å². The van der Waals surface area contributed by atoms with E-state index in [1.807, 2.05) is 0 Å². The van der Waals surface area contributed by atoms with Crippen LogP contribution >= 0.6 is 31.9 Å². The van der Waals surface area contributed by atoms with Crippen molar-refractivity contribution in [2.45, 2.75) is 6.92 Å². The normalized spacial score (nSPS) is 12.1. The highest BCUT2D eigenvalue weighted by molar-refractivity contribution is 9.11. The molecule has 0 atom stereocenters. The molecule has 0 amide bonds. The Morgan fingerprint density at radius 2 is 2.31 bits per heavy atom. The van der Waals surface area contributed by atoms with Gasteiger partial charge in [-0.2, -0.15) is 0 Å². The van der Waals surface area contributed by atoms with Crippen LogP contribution in [0.15, 0.2) is 19.4 Å². The van der Waals surface area contributed by atoms with Crippen LogP contribution in [0.5, 0.6) is 0 Å². The second-order valence-corrected chi connectivity index (χ2v) is 4.16. The van der Waals surface area contributed by atoms with Crippen molar-refractivity contribution < 1.29 is 5.79 Å². The molecule has 2 N–H and O–H groups in total. The third kappa shape index (κ3) is 1.36. The molecule has 1 aromatic carbocycles. The molecule has 0 fully saturated rings. The highest BCUT2D eigenvalue weighted by Crippen LogP contribution is 2.35. The number of nitrogens with two attached hydrogens (primary N) is 1. The summed E-state index contributed by atoms with van der Waals surface area (Å²) in [5.74, 6) is 0.520. The predicted molar refractivity (Wildman–Crippen MR) is 58.6 cm³/mol. The van der Waals surface area contributed by atoms with Crippen molar-refractivity contribution in [1.29, 1.82) is 0 Å². The van der Waals surface area contributed by atoms with Crippen LogP contribution in [0, 0.1) is 6.92 Å². The molecule has 0 saturated heterocycles. The van der Waals surface area contributed by atoms with Crippen molar-refractivity contribution >= 4 is 48.6 Å². The van der Waals surface area contributed by atoms with E-state index in [1.54, 1.807) is 6.92 Å². The van der Waals surface area contributed by atoms with Gasteiger partial charge in [0.1, 0.15) is 5.52 Å². The number of nitrogen functional groups attached to an aromatic ring is 1. The Bertz CT molecular complexity index is 479. The van der Waals surface area contributed by atoms with E-state index in [2.05, 4.69) is 36.8 Å². The smallest absolute Gasteiger partial charge is 0.192 e. The number of fused-ring (bicyclic) bond motifs is 1. The van der Waals surface area contributed by atoms with E-state index in [4.69, 9.17) is 11.5 Å². The molecule has 2 rings (SSSR count). The Labute approximate surface area is 93.0 Å². The van der Waals surface area contributed by atoms with Gasteiger partial charge in [-0.1, -0.05) is 0 Å². The van der Waals surface area contributed by atoms with Crippen molar-refractivity contribution in [2.75, 3.05) is 5.73 Å². The van der Waals surface area contributed by atoms with Crippen LogP contribution in [-0.4, -0.2) is 4.98 Å². The summed E-state index contributed by atoms with van der Waals surface area (Å²) < 4.78 is 14.2. The average Bonchev–Trinajstić information content (AvgIpc) is 2.54. The molecule has 0 aliphatic carbocycles. The molecule has 0 unspecified atom stereocenters. The lowest BCUT2D eigenvalue weighted by Crippen LogP contribution is -1.88. The molecular formula is C8H6Br2N2O. The van der Waals surface area contributed by atoms with E-state index < -0.39 is 0 Å². The molecule has 2 aromatic rings. The molecule has 13 heavy (non-hydrogen) atoms. The van der Waals surface area contributed by atoms with Crippen molar-refractivity contribution in [1.82, 2.24) is 4.98 Å². The minimum absolute atomic E-state index is 0.223. The van der Waals surface area contributed by atoms with Gasteiger partial charge in [-0.05, 0) is 37.9 Å². The van der Waals surface area contributed by atoms with Crippen molar-refractivity contribution in [2.24, 2.45) is 0 Å². The SMILES string of the molecule is [3H]c1c(Br)c(N)c(Br)c2nc(C)oc12. The maximum absolute atomic E-state index is 7.76. The first-order chi connectivity index (χ1) is 6.52. The lowest BCUT2D eigenvalue weighted by Gasteiger charge is -2.00. The fourth-order valence-corrected chi connectivity index (χ4v) is 2.16. The van der Waals surface area contributed by atoms with Gasteiger partial charge in [-0.3, -0.25) is 0 Å². The molecule has 0 aliphatic rings. The molecule has 0 saturated carbocycles. The summed E-state index contributed by atoms with van der Waals surface area (Å²) in [4.78, 5) is 4.14. The highest BCUT2D eigenvalue weighted by Gasteiger charge is 2.11. The number of anilines is 1. The number of aryl methyl sites for hydroxylation is 1. The number of benzene rings is 1. The van der Waals surface area contributed by atoms with E-state index in [0.29, 0.717) is 31.6 Å². The third-order valence-corrected chi connectivity index (χ3v) is 3.07. The molecule has 5 heteroatoms. The molecule has 0 bridgehead atoms. The molecule has 0 radical (unpaired) electrons. The zero-order chi connectivity index (χ0) is 10.5. The summed E-state index contributed by atoms with van der Waals surface area (Å²) in [6.45, 7) is 1.73. The molecular weight excluding hydrogens is 300 g/mol. The topological polar surface area (TPSA) is 52.0 Å². The summed E-state index contributed by atoms with van der Waals surface area (Å²) in [5.41, 5.74) is 7.26. The van der Waals surface area contributed by atoms with Gasteiger partial charge in [0.15, 0.2) is 11.5 Å². The van der Waals surface area contributed by atoms with E-state index in [1.165, 1.54) is 0 Å². The largest absolute Gasteiger partial charge is 0.441 e. The first-order valence-corrected chi connectivity index (χ1v) is 5.11. The summed E-state index contributed by atoms with van der Waals surface area (Å²) in [7, 11) is 0. The number of aromatic nitrogens is 1. The maximum Gasteiger partial charge on any atom is 0.192 e. The Kier molecular flexibility index (Phi) is 1.80. The fraction of sp³-hybridized carbons (Fsp3) is 0.125. The Morgan fingerprint density at radius 1 is 1.62 bits per heavy atom. The van der Waals surface area contributed by atoms with Crippen LogP contribution in [0.4, 0.5) is 5.69 Å². The average molecular weight is 308 g/mol. The zero-order valence-corrected chi connectivity index (χ0v) is 9.86. The summed E-state index contributed by atoms with van der Waals surface area (Å²) in [5, 5.41) is 0. The number of halogens is 2. The molecule has 3 nitrogen and oxygen atoms in total. The number of hydrogen-bond donors (Lipinski definition) is 1. The Balaban J connectivity index is 3.01. The van der Waals surface area contributed by atoms with E-state index >= 15 is 0 Å². The molecule has 1 aromatic heterocycles. The lowest BCUT2D eigenvalue weighted by atomic mass is 10.3. The number of rotatable bonds is 0. The van der Waals surface area contributed by atoms with Gasteiger partial charge in [-0.25, -0.2) is 4.98 Å². The van der Waals surface area contributed by atoms with Crippen molar-refractivity contribution in [3.63, 3.8) is 0 Å². The van der Waals surface area contributed by atoms with Gasteiger partial charge in [0, 0.05) is 11.4 Å². The quantitative estimate of drug-likeness (QED) is 0.760. The van der Waals surface area contributed by atoms with Crippen LogP contribution in [0.2, 0.25) is 0 Å². The second-order valence-electron chi connectivity index (χ2n) is 2.58. The number of nitrogens with zero attached hydrogens (tertiary/aromatic N) is 1. The standard InChI is InChI=1S/C8H6Br2N2O/c1-3-12-8-5(13-3)2-4(9)7(11)6(8)10/h2H,11H2,1H3/i2T. The van der Waals surface area contributed by atoms with E-state index in [0.717, 1.165) is 0 Å². The number of hydrogen-bond acceptors (Lipinski definition) is 3. The zero-order valence-electron chi connectivity index (χ0n) is 7.69. The van der Waals surface area contributed by atoms with Gasteiger partial charge in [0.25, 0.3) is 0 Å². The maximum atomic E-state index is 7.76. The highest BCUT2D eigenvalue weighted by atomic mass is 79.9. The third-order valence-electron chi connectivity index (χ3n) is 1.64. The first-order valence-electron chi connectivity index (χ1n) is 4.02.